The van der Waals surface area contributed by atoms with Gasteiger partial charge in [0.1, 0.15) is 5.75 Å². The Labute approximate surface area is 110 Å². The molecule has 0 unspecified atom stereocenters. The van der Waals surface area contributed by atoms with Gasteiger partial charge in [-0.3, -0.25) is 0 Å². The van der Waals surface area contributed by atoms with Gasteiger partial charge in [0.05, 0.1) is 18.4 Å². The molecule has 1 aromatic heterocycles. The first kappa shape index (κ1) is 11.7. The van der Waals surface area contributed by atoms with Crippen LogP contribution >= 0.6 is 31.9 Å². The summed E-state index contributed by atoms with van der Waals surface area (Å²) < 4.78 is 11.7. The number of hydrogen-bond donors (Lipinski definition) is 0. The van der Waals surface area contributed by atoms with E-state index in [0.717, 1.165) is 27.2 Å². The highest BCUT2D eigenvalue weighted by atomic mass is 79.9. The van der Waals surface area contributed by atoms with Gasteiger partial charge in [0.25, 0.3) is 0 Å². The number of aromatic nitrogens is 1. The van der Waals surface area contributed by atoms with Crippen LogP contribution in [0, 0.1) is 0 Å². The SMILES string of the molecule is COc1cc(Br)ccc1-c1ocnc1CBr. The molecule has 0 bridgehead atoms. The first-order valence-electron chi connectivity index (χ1n) is 4.58. The second-order valence-electron chi connectivity index (χ2n) is 3.11. The van der Waals surface area contributed by atoms with Crippen LogP contribution in [0.2, 0.25) is 0 Å². The van der Waals surface area contributed by atoms with Gasteiger partial charge in [0.2, 0.25) is 0 Å². The molecule has 1 heterocycles. The number of methoxy groups -OCH3 is 1. The van der Waals surface area contributed by atoms with Gasteiger partial charge in [-0.25, -0.2) is 4.98 Å². The summed E-state index contributed by atoms with van der Waals surface area (Å²) in [4.78, 5) is 4.13. The first-order valence-corrected chi connectivity index (χ1v) is 6.50. The van der Waals surface area contributed by atoms with Crippen LogP contribution in [0.15, 0.2) is 33.5 Å². The minimum Gasteiger partial charge on any atom is -0.496 e. The Morgan fingerprint density at radius 3 is 2.94 bits per heavy atom. The summed E-state index contributed by atoms with van der Waals surface area (Å²) >= 11 is 6.77. The van der Waals surface area contributed by atoms with Crippen molar-refractivity contribution in [1.82, 2.24) is 4.98 Å². The second-order valence-corrected chi connectivity index (χ2v) is 4.58. The van der Waals surface area contributed by atoms with Gasteiger partial charge in [-0.2, -0.15) is 0 Å². The molecule has 0 aliphatic heterocycles. The Balaban J connectivity index is 2.55. The van der Waals surface area contributed by atoms with Gasteiger partial charge in [-0.05, 0) is 18.2 Å². The highest BCUT2D eigenvalue weighted by Crippen LogP contribution is 2.34. The molecule has 0 spiro atoms. The van der Waals surface area contributed by atoms with Crippen LogP contribution in [0.4, 0.5) is 0 Å². The van der Waals surface area contributed by atoms with Gasteiger partial charge in [0, 0.05) is 9.80 Å². The Morgan fingerprint density at radius 1 is 1.44 bits per heavy atom. The van der Waals surface area contributed by atoms with Crippen molar-refractivity contribution in [2.45, 2.75) is 5.33 Å². The van der Waals surface area contributed by atoms with E-state index in [1.165, 1.54) is 6.39 Å². The van der Waals surface area contributed by atoms with Gasteiger partial charge in [0.15, 0.2) is 12.2 Å². The molecule has 16 heavy (non-hydrogen) atoms. The lowest BCUT2D eigenvalue weighted by atomic mass is 10.1. The van der Waals surface area contributed by atoms with E-state index in [-0.39, 0.29) is 0 Å². The number of alkyl halides is 1. The van der Waals surface area contributed by atoms with Crippen molar-refractivity contribution in [2.75, 3.05) is 7.11 Å². The van der Waals surface area contributed by atoms with E-state index in [0.29, 0.717) is 5.33 Å². The van der Waals surface area contributed by atoms with Crippen LogP contribution in [0.3, 0.4) is 0 Å². The topological polar surface area (TPSA) is 35.3 Å². The lowest BCUT2D eigenvalue weighted by Gasteiger charge is -2.07. The van der Waals surface area contributed by atoms with E-state index in [1.54, 1.807) is 7.11 Å². The number of ether oxygens (including phenoxy) is 1. The minimum atomic E-state index is 0.651. The molecule has 0 fully saturated rings. The zero-order valence-electron chi connectivity index (χ0n) is 8.54. The molecule has 5 heteroatoms. The summed E-state index contributed by atoms with van der Waals surface area (Å²) in [5, 5.41) is 0.651. The normalized spacial score (nSPS) is 10.4. The van der Waals surface area contributed by atoms with Gasteiger partial charge >= 0.3 is 0 Å². The van der Waals surface area contributed by atoms with Crippen LogP contribution in [-0.4, -0.2) is 12.1 Å². The summed E-state index contributed by atoms with van der Waals surface area (Å²) in [7, 11) is 1.63. The molecule has 0 atom stereocenters. The average molecular weight is 347 g/mol. The smallest absolute Gasteiger partial charge is 0.181 e. The van der Waals surface area contributed by atoms with Gasteiger partial charge in [-0.15, -0.1) is 0 Å². The van der Waals surface area contributed by atoms with Crippen LogP contribution in [0.5, 0.6) is 5.75 Å². The predicted molar refractivity (Wildman–Crippen MR) is 68.8 cm³/mol. The minimum absolute atomic E-state index is 0.651. The predicted octanol–water partition coefficient (Wildman–Crippen LogP) is 4.01. The Bertz CT molecular complexity index is 496. The molecular formula is C11H9Br2NO2. The number of halogens is 2. The quantitative estimate of drug-likeness (QED) is 0.788. The molecule has 2 aromatic rings. The zero-order chi connectivity index (χ0) is 11.5. The monoisotopic (exact) mass is 345 g/mol. The van der Waals surface area contributed by atoms with Crippen molar-refractivity contribution in [3.05, 3.63) is 34.8 Å². The van der Waals surface area contributed by atoms with E-state index < -0.39 is 0 Å². The molecule has 1 aromatic carbocycles. The molecule has 0 saturated carbocycles. The maximum atomic E-state index is 5.39. The van der Waals surface area contributed by atoms with Crippen LogP contribution < -0.4 is 4.74 Å². The van der Waals surface area contributed by atoms with Crippen LogP contribution in [0.25, 0.3) is 11.3 Å². The summed E-state index contributed by atoms with van der Waals surface area (Å²) in [5.41, 5.74) is 1.76. The third kappa shape index (κ3) is 2.15. The van der Waals surface area contributed by atoms with Crippen LogP contribution in [-0.2, 0) is 5.33 Å². The van der Waals surface area contributed by atoms with Crippen LogP contribution in [0.1, 0.15) is 5.69 Å². The summed E-state index contributed by atoms with van der Waals surface area (Å²) in [6.45, 7) is 0. The van der Waals surface area contributed by atoms with Crippen molar-refractivity contribution in [3.63, 3.8) is 0 Å². The molecule has 0 aliphatic rings. The molecule has 3 nitrogen and oxygen atoms in total. The van der Waals surface area contributed by atoms with Crippen molar-refractivity contribution in [1.29, 1.82) is 0 Å². The van der Waals surface area contributed by atoms with E-state index >= 15 is 0 Å². The number of oxazole rings is 1. The largest absolute Gasteiger partial charge is 0.496 e. The highest BCUT2D eigenvalue weighted by molar-refractivity contribution is 9.10. The third-order valence-electron chi connectivity index (χ3n) is 2.18. The standard InChI is InChI=1S/C11H9Br2NO2/c1-15-10-4-7(13)2-3-8(10)11-9(5-12)14-6-16-11/h2-4,6H,5H2,1H3. The van der Waals surface area contributed by atoms with E-state index in [4.69, 9.17) is 9.15 Å². The number of benzene rings is 1. The Kier molecular flexibility index (Phi) is 3.66. The molecule has 2 rings (SSSR count). The lowest BCUT2D eigenvalue weighted by Crippen LogP contribution is -1.89. The lowest BCUT2D eigenvalue weighted by molar-refractivity contribution is 0.414. The molecule has 0 amide bonds. The molecule has 0 aliphatic carbocycles. The number of rotatable bonds is 3. The first-order chi connectivity index (χ1) is 7.76. The number of nitrogens with zero attached hydrogens (tertiary/aromatic N) is 1. The van der Waals surface area contributed by atoms with Crippen molar-refractivity contribution < 1.29 is 9.15 Å². The van der Waals surface area contributed by atoms with Gasteiger partial charge < -0.3 is 9.15 Å². The average Bonchev–Trinajstić information content (AvgIpc) is 2.76. The summed E-state index contributed by atoms with van der Waals surface area (Å²) in [5.74, 6) is 1.49. The maximum absolute atomic E-state index is 5.39. The van der Waals surface area contributed by atoms with Crippen molar-refractivity contribution >= 4 is 31.9 Å². The molecule has 0 N–H and O–H groups in total. The van der Waals surface area contributed by atoms with Crippen molar-refractivity contribution in [3.8, 4) is 17.1 Å². The fraction of sp³-hybridized carbons (Fsp3) is 0.182. The molecule has 84 valence electrons. The Hall–Kier alpha value is -0.810. The van der Waals surface area contributed by atoms with E-state index in [9.17, 15) is 0 Å². The second kappa shape index (κ2) is 5.01. The molecular weight excluding hydrogens is 338 g/mol. The number of hydrogen-bond acceptors (Lipinski definition) is 3. The zero-order valence-corrected chi connectivity index (χ0v) is 11.7. The molecule has 0 radical (unpaired) electrons. The maximum Gasteiger partial charge on any atom is 0.181 e. The van der Waals surface area contributed by atoms with Crippen molar-refractivity contribution in [2.24, 2.45) is 0 Å². The fourth-order valence-electron chi connectivity index (χ4n) is 1.44. The Morgan fingerprint density at radius 2 is 2.25 bits per heavy atom. The summed E-state index contributed by atoms with van der Waals surface area (Å²) in [6, 6.07) is 5.78. The van der Waals surface area contributed by atoms with E-state index in [1.807, 2.05) is 18.2 Å². The third-order valence-corrected chi connectivity index (χ3v) is 3.20. The van der Waals surface area contributed by atoms with E-state index in [2.05, 4.69) is 36.8 Å². The summed E-state index contributed by atoms with van der Waals surface area (Å²) in [6.07, 6.45) is 1.44. The van der Waals surface area contributed by atoms with Gasteiger partial charge in [-0.1, -0.05) is 31.9 Å². The molecule has 0 saturated heterocycles. The fourth-order valence-corrected chi connectivity index (χ4v) is 2.18. The highest BCUT2D eigenvalue weighted by Gasteiger charge is 2.14.